The lowest BCUT2D eigenvalue weighted by Gasteiger charge is -2.18. The van der Waals surface area contributed by atoms with Crippen LogP contribution in [-0.2, 0) is 14.3 Å². The van der Waals surface area contributed by atoms with Crippen molar-refractivity contribution in [2.24, 2.45) is 4.99 Å². The maximum atomic E-state index is 11.7. The molecule has 20 heavy (non-hydrogen) atoms. The zero-order valence-corrected chi connectivity index (χ0v) is 10.7. The van der Waals surface area contributed by atoms with Gasteiger partial charge in [0, 0.05) is 0 Å². The van der Waals surface area contributed by atoms with E-state index in [4.69, 9.17) is 4.74 Å². The van der Waals surface area contributed by atoms with Crippen LogP contribution >= 0.6 is 0 Å². The molecule has 0 unspecified atom stereocenters. The molecule has 0 aliphatic carbocycles. The second-order valence-corrected chi connectivity index (χ2v) is 4.10. The summed E-state index contributed by atoms with van der Waals surface area (Å²) in [7, 11) is 0. The summed E-state index contributed by atoms with van der Waals surface area (Å²) in [5.74, 6) is -0.564. The van der Waals surface area contributed by atoms with Crippen LogP contribution in [0.5, 0.6) is 0 Å². The van der Waals surface area contributed by atoms with E-state index in [9.17, 15) is 9.59 Å². The topological polar surface area (TPSA) is 55.7 Å². The van der Waals surface area contributed by atoms with E-state index < -0.39 is 12.1 Å². The quantitative estimate of drug-likeness (QED) is 0.475. The molecule has 0 saturated carbocycles. The molecule has 0 amide bonds. The van der Waals surface area contributed by atoms with Gasteiger partial charge in [-0.1, -0.05) is 60.7 Å². The third kappa shape index (κ3) is 3.64. The van der Waals surface area contributed by atoms with Gasteiger partial charge in [-0.15, -0.1) is 0 Å². The van der Waals surface area contributed by atoms with Crippen molar-refractivity contribution >= 4 is 12.0 Å². The van der Waals surface area contributed by atoms with E-state index in [1.165, 1.54) is 6.08 Å². The molecule has 0 atom stereocenters. The Morgan fingerprint density at radius 3 is 1.95 bits per heavy atom. The molecule has 0 saturated heterocycles. The van der Waals surface area contributed by atoms with Crippen molar-refractivity contribution in [2.75, 3.05) is 6.54 Å². The number of esters is 1. The highest BCUT2D eigenvalue weighted by Gasteiger charge is 2.18. The lowest BCUT2D eigenvalue weighted by molar-refractivity contribution is -0.145. The fourth-order valence-electron chi connectivity index (χ4n) is 1.85. The van der Waals surface area contributed by atoms with Crippen LogP contribution in [-0.4, -0.2) is 18.6 Å². The summed E-state index contributed by atoms with van der Waals surface area (Å²) >= 11 is 0. The number of carbonyl (C=O) groups excluding carboxylic acids is 2. The van der Waals surface area contributed by atoms with Crippen LogP contribution in [0.25, 0.3) is 0 Å². The summed E-state index contributed by atoms with van der Waals surface area (Å²) in [5, 5.41) is 0. The van der Waals surface area contributed by atoms with Gasteiger partial charge in [-0.3, -0.25) is 0 Å². The number of benzene rings is 2. The SMILES string of the molecule is O=C=NCC(=O)OC(c1ccccc1)c1ccccc1. The Labute approximate surface area is 116 Å². The van der Waals surface area contributed by atoms with Gasteiger partial charge in [-0.2, -0.15) is 4.99 Å². The minimum atomic E-state index is -0.564. The van der Waals surface area contributed by atoms with Crippen LogP contribution in [0.3, 0.4) is 0 Å². The van der Waals surface area contributed by atoms with Crippen molar-refractivity contribution in [1.29, 1.82) is 0 Å². The Hall–Kier alpha value is -2.71. The maximum absolute atomic E-state index is 11.7. The summed E-state index contributed by atoms with van der Waals surface area (Å²) in [4.78, 5) is 24.9. The molecule has 0 aromatic heterocycles. The second kappa shape index (κ2) is 7.02. The van der Waals surface area contributed by atoms with Gasteiger partial charge in [0.2, 0.25) is 6.08 Å². The van der Waals surface area contributed by atoms with E-state index in [0.29, 0.717) is 0 Å². The second-order valence-electron chi connectivity index (χ2n) is 4.10. The molecular weight excluding hydrogens is 254 g/mol. The van der Waals surface area contributed by atoms with E-state index >= 15 is 0 Å². The molecule has 0 heterocycles. The minimum absolute atomic E-state index is 0.320. The molecule has 0 spiro atoms. The lowest BCUT2D eigenvalue weighted by atomic mass is 10.0. The number of carbonyl (C=O) groups is 1. The summed E-state index contributed by atoms with van der Waals surface area (Å²) in [6, 6.07) is 18.8. The maximum Gasteiger partial charge on any atom is 0.329 e. The van der Waals surface area contributed by atoms with E-state index in [1.807, 2.05) is 60.7 Å². The van der Waals surface area contributed by atoms with E-state index in [-0.39, 0.29) is 6.54 Å². The first-order chi connectivity index (χ1) is 9.81. The monoisotopic (exact) mass is 267 g/mol. The Kier molecular flexibility index (Phi) is 4.81. The molecule has 100 valence electrons. The van der Waals surface area contributed by atoms with Gasteiger partial charge in [0.25, 0.3) is 0 Å². The Balaban J connectivity index is 2.26. The van der Waals surface area contributed by atoms with Gasteiger partial charge in [-0.05, 0) is 11.1 Å². The highest BCUT2D eigenvalue weighted by molar-refractivity contribution is 5.73. The normalized spacial score (nSPS) is 9.85. The van der Waals surface area contributed by atoms with Crippen LogP contribution in [0.4, 0.5) is 0 Å². The van der Waals surface area contributed by atoms with Crippen molar-refractivity contribution in [2.45, 2.75) is 6.10 Å². The van der Waals surface area contributed by atoms with Crippen molar-refractivity contribution in [3.8, 4) is 0 Å². The summed E-state index contributed by atoms with van der Waals surface area (Å²) in [5.41, 5.74) is 1.73. The number of aliphatic imine (C=N–C) groups is 1. The average Bonchev–Trinajstić information content (AvgIpc) is 2.52. The summed E-state index contributed by atoms with van der Waals surface area (Å²) < 4.78 is 5.41. The van der Waals surface area contributed by atoms with Crippen LogP contribution in [0.15, 0.2) is 65.7 Å². The van der Waals surface area contributed by atoms with Gasteiger partial charge in [0.05, 0.1) is 0 Å². The first-order valence-electron chi connectivity index (χ1n) is 6.14. The molecule has 2 aromatic rings. The van der Waals surface area contributed by atoms with Gasteiger partial charge >= 0.3 is 5.97 Å². The van der Waals surface area contributed by atoms with Crippen LogP contribution in [0.2, 0.25) is 0 Å². The molecule has 4 heteroatoms. The number of hydrogen-bond acceptors (Lipinski definition) is 4. The standard InChI is InChI=1S/C16H13NO3/c18-12-17-11-15(19)20-16(13-7-3-1-4-8-13)14-9-5-2-6-10-14/h1-10,16H,11H2. The van der Waals surface area contributed by atoms with Gasteiger partial charge in [0.15, 0.2) is 6.10 Å². The van der Waals surface area contributed by atoms with Crippen LogP contribution in [0, 0.1) is 0 Å². The van der Waals surface area contributed by atoms with Crippen molar-refractivity contribution in [3.63, 3.8) is 0 Å². The minimum Gasteiger partial charge on any atom is -0.451 e. The first kappa shape index (κ1) is 13.7. The Morgan fingerprint density at radius 1 is 1.00 bits per heavy atom. The first-order valence-corrected chi connectivity index (χ1v) is 6.14. The number of rotatable bonds is 5. The molecule has 0 aliphatic rings. The Bertz CT molecular complexity index is 565. The molecule has 4 nitrogen and oxygen atoms in total. The third-order valence-corrected chi connectivity index (χ3v) is 2.73. The largest absolute Gasteiger partial charge is 0.451 e. The number of isocyanates is 1. The van der Waals surface area contributed by atoms with Crippen molar-refractivity contribution < 1.29 is 14.3 Å². The molecule has 2 aromatic carbocycles. The molecular formula is C16H13NO3. The Morgan fingerprint density at radius 2 is 1.50 bits per heavy atom. The average molecular weight is 267 g/mol. The lowest BCUT2D eigenvalue weighted by Crippen LogP contribution is -2.14. The third-order valence-electron chi connectivity index (χ3n) is 2.73. The summed E-state index contributed by atoms with van der Waals surface area (Å²) in [6.45, 7) is -0.320. The van der Waals surface area contributed by atoms with E-state index in [1.54, 1.807) is 0 Å². The van der Waals surface area contributed by atoms with Crippen LogP contribution in [0.1, 0.15) is 17.2 Å². The predicted octanol–water partition coefficient (Wildman–Crippen LogP) is 2.66. The fourth-order valence-corrected chi connectivity index (χ4v) is 1.85. The zero-order valence-electron chi connectivity index (χ0n) is 10.7. The van der Waals surface area contributed by atoms with Gasteiger partial charge in [0.1, 0.15) is 6.54 Å². The predicted molar refractivity (Wildman–Crippen MR) is 73.8 cm³/mol. The summed E-state index contributed by atoms with van der Waals surface area (Å²) in [6.07, 6.45) is 0.818. The molecule has 0 bridgehead atoms. The number of nitrogens with zero attached hydrogens (tertiary/aromatic N) is 1. The highest BCUT2D eigenvalue weighted by atomic mass is 16.5. The molecule has 0 fully saturated rings. The number of hydrogen-bond donors (Lipinski definition) is 0. The highest BCUT2D eigenvalue weighted by Crippen LogP contribution is 2.25. The molecule has 0 N–H and O–H groups in total. The van der Waals surface area contributed by atoms with Crippen LogP contribution < -0.4 is 0 Å². The number of ether oxygens (including phenoxy) is 1. The van der Waals surface area contributed by atoms with Crippen molar-refractivity contribution in [1.82, 2.24) is 0 Å². The molecule has 0 aliphatic heterocycles. The fraction of sp³-hybridized carbons (Fsp3) is 0.125. The van der Waals surface area contributed by atoms with Gasteiger partial charge in [-0.25, -0.2) is 9.59 Å². The molecule has 2 rings (SSSR count). The van der Waals surface area contributed by atoms with E-state index in [2.05, 4.69) is 4.99 Å². The van der Waals surface area contributed by atoms with Crippen molar-refractivity contribution in [3.05, 3.63) is 71.8 Å². The molecule has 0 radical (unpaired) electrons. The van der Waals surface area contributed by atoms with Gasteiger partial charge < -0.3 is 4.74 Å². The zero-order chi connectivity index (χ0) is 14.2. The smallest absolute Gasteiger partial charge is 0.329 e. The van der Waals surface area contributed by atoms with E-state index in [0.717, 1.165) is 11.1 Å².